The first-order chi connectivity index (χ1) is 7.79. The second-order valence-corrected chi connectivity index (χ2v) is 5.31. The maximum atomic E-state index is 11.7. The van der Waals surface area contributed by atoms with Crippen LogP contribution in [0.2, 0.25) is 0 Å². The van der Waals surface area contributed by atoms with Gasteiger partial charge < -0.3 is 14.6 Å². The molecule has 0 saturated heterocycles. The minimum Gasteiger partial charge on any atom is -0.481 e. The van der Waals surface area contributed by atoms with Crippen molar-refractivity contribution in [2.75, 3.05) is 14.2 Å². The van der Waals surface area contributed by atoms with Crippen LogP contribution < -0.4 is 0 Å². The van der Waals surface area contributed by atoms with E-state index in [1.807, 2.05) is 13.8 Å². The average molecular weight is 242 g/mol. The quantitative estimate of drug-likeness (QED) is 0.594. The molecular weight excluding hydrogens is 220 g/mol. The lowest BCUT2D eigenvalue weighted by Gasteiger charge is -2.39. The number of carboxylic acid groups (broad SMARTS) is 1. The van der Waals surface area contributed by atoms with Crippen molar-refractivity contribution in [3.8, 4) is 0 Å². The number of allylic oxidation sites excluding steroid dienone is 1. The van der Waals surface area contributed by atoms with Crippen molar-refractivity contribution in [1.29, 1.82) is 0 Å². The minimum atomic E-state index is -0.874. The number of hydrogen-bond acceptors (Lipinski definition) is 3. The van der Waals surface area contributed by atoms with E-state index in [4.69, 9.17) is 9.47 Å². The second-order valence-electron chi connectivity index (χ2n) is 5.31. The maximum Gasteiger partial charge on any atom is 0.310 e. The third kappa shape index (κ3) is 2.00. The molecule has 1 unspecified atom stereocenters. The van der Waals surface area contributed by atoms with E-state index in [2.05, 4.69) is 6.58 Å². The van der Waals surface area contributed by atoms with Gasteiger partial charge in [-0.3, -0.25) is 4.79 Å². The highest BCUT2D eigenvalue weighted by molar-refractivity contribution is 5.77. The molecule has 1 saturated carbocycles. The Hall–Kier alpha value is -0.870. The molecule has 0 aromatic rings. The van der Waals surface area contributed by atoms with Gasteiger partial charge in [0.1, 0.15) is 0 Å². The Labute approximate surface area is 103 Å². The zero-order valence-corrected chi connectivity index (χ0v) is 11.1. The number of rotatable bonds is 5. The van der Waals surface area contributed by atoms with Crippen LogP contribution in [0.1, 0.15) is 33.1 Å². The predicted molar refractivity (Wildman–Crippen MR) is 64.6 cm³/mol. The molecule has 1 rings (SSSR count). The first-order valence-electron chi connectivity index (χ1n) is 5.76. The van der Waals surface area contributed by atoms with Crippen LogP contribution in [0.4, 0.5) is 0 Å². The van der Waals surface area contributed by atoms with Crippen LogP contribution in [-0.4, -0.2) is 31.1 Å². The zero-order valence-electron chi connectivity index (χ0n) is 11.1. The van der Waals surface area contributed by atoms with Gasteiger partial charge in [0.25, 0.3) is 0 Å². The van der Waals surface area contributed by atoms with Gasteiger partial charge in [0.15, 0.2) is 5.79 Å². The second kappa shape index (κ2) is 4.42. The van der Waals surface area contributed by atoms with Crippen LogP contribution in [0.5, 0.6) is 0 Å². The minimum absolute atomic E-state index is 0.349. The number of aliphatic carboxylic acids is 1. The maximum absolute atomic E-state index is 11.7. The summed E-state index contributed by atoms with van der Waals surface area (Å²) in [5.74, 6) is -1.59. The molecule has 0 radical (unpaired) electrons. The highest BCUT2D eigenvalue weighted by Crippen LogP contribution is 2.56. The lowest BCUT2D eigenvalue weighted by molar-refractivity contribution is -0.211. The van der Waals surface area contributed by atoms with Crippen molar-refractivity contribution in [2.45, 2.75) is 38.9 Å². The lowest BCUT2D eigenvalue weighted by atomic mass is 9.64. The monoisotopic (exact) mass is 242 g/mol. The number of carboxylic acids is 1. The molecule has 0 bridgehead atoms. The van der Waals surface area contributed by atoms with E-state index >= 15 is 0 Å². The van der Waals surface area contributed by atoms with Gasteiger partial charge in [-0.2, -0.15) is 0 Å². The van der Waals surface area contributed by atoms with Crippen molar-refractivity contribution < 1.29 is 19.4 Å². The Morgan fingerprint density at radius 1 is 1.35 bits per heavy atom. The molecule has 17 heavy (non-hydrogen) atoms. The molecule has 1 fully saturated rings. The Morgan fingerprint density at radius 3 is 2.18 bits per heavy atom. The molecule has 0 aromatic carbocycles. The molecule has 0 heterocycles. The summed E-state index contributed by atoms with van der Waals surface area (Å²) in [4.78, 5) is 11.7. The number of hydrogen-bond donors (Lipinski definition) is 1. The molecule has 0 aromatic heterocycles. The van der Waals surface area contributed by atoms with E-state index in [9.17, 15) is 9.90 Å². The van der Waals surface area contributed by atoms with Crippen LogP contribution in [0.25, 0.3) is 0 Å². The Bertz CT molecular complexity index is 317. The van der Waals surface area contributed by atoms with E-state index in [1.165, 1.54) is 0 Å². The largest absolute Gasteiger partial charge is 0.481 e. The van der Waals surface area contributed by atoms with Crippen molar-refractivity contribution in [3.63, 3.8) is 0 Å². The summed E-state index contributed by atoms with van der Waals surface area (Å²) in [5, 5.41) is 9.59. The first-order valence-corrected chi connectivity index (χ1v) is 5.76. The fourth-order valence-electron chi connectivity index (χ4n) is 2.68. The van der Waals surface area contributed by atoms with Crippen LogP contribution in [0.15, 0.2) is 12.7 Å². The van der Waals surface area contributed by atoms with Crippen molar-refractivity contribution in [3.05, 3.63) is 12.7 Å². The van der Waals surface area contributed by atoms with Crippen LogP contribution >= 0.6 is 0 Å². The SMILES string of the molecule is C=CC(C)(C)C1(C(=O)O)CCC(OC)(OC)C1. The molecular formula is C13H22O4. The smallest absolute Gasteiger partial charge is 0.310 e. The highest BCUT2D eigenvalue weighted by Gasteiger charge is 2.59. The van der Waals surface area contributed by atoms with Crippen molar-refractivity contribution in [1.82, 2.24) is 0 Å². The molecule has 1 aliphatic carbocycles. The fraction of sp³-hybridized carbons (Fsp3) is 0.769. The summed E-state index contributed by atoms with van der Waals surface area (Å²) in [6.45, 7) is 7.56. The molecule has 0 amide bonds. The van der Waals surface area contributed by atoms with E-state index in [-0.39, 0.29) is 0 Å². The molecule has 1 N–H and O–H groups in total. The topological polar surface area (TPSA) is 55.8 Å². The summed E-state index contributed by atoms with van der Waals surface area (Å²) in [6.07, 6.45) is 3.18. The van der Waals surface area contributed by atoms with Gasteiger partial charge in [0.05, 0.1) is 5.41 Å². The van der Waals surface area contributed by atoms with E-state index in [1.54, 1.807) is 20.3 Å². The Balaban J connectivity index is 3.15. The van der Waals surface area contributed by atoms with Crippen molar-refractivity contribution >= 4 is 5.97 Å². The number of ether oxygens (including phenoxy) is 2. The van der Waals surface area contributed by atoms with Crippen LogP contribution in [0.3, 0.4) is 0 Å². The summed E-state index contributed by atoms with van der Waals surface area (Å²) in [6, 6.07) is 0. The standard InChI is InChI=1S/C13H22O4/c1-6-11(2,3)12(10(14)15)7-8-13(9-12,16-4)17-5/h6H,1,7-9H2,2-5H3,(H,14,15). The molecule has 4 heteroatoms. The van der Waals surface area contributed by atoms with Gasteiger partial charge in [0.2, 0.25) is 0 Å². The lowest BCUT2D eigenvalue weighted by Crippen LogP contribution is -2.44. The van der Waals surface area contributed by atoms with Crippen molar-refractivity contribution in [2.24, 2.45) is 10.8 Å². The van der Waals surface area contributed by atoms with E-state index in [0.29, 0.717) is 19.3 Å². The third-order valence-corrected chi connectivity index (χ3v) is 4.40. The summed E-state index contributed by atoms with van der Waals surface area (Å²) < 4.78 is 10.7. The van der Waals surface area contributed by atoms with Gasteiger partial charge in [-0.25, -0.2) is 0 Å². The number of carbonyl (C=O) groups is 1. The van der Waals surface area contributed by atoms with Gasteiger partial charge in [-0.1, -0.05) is 19.9 Å². The Morgan fingerprint density at radius 2 is 1.88 bits per heavy atom. The summed E-state index contributed by atoms with van der Waals surface area (Å²) in [7, 11) is 3.12. The average Bonchev–Trinajstić information content (AvgIpc) is 2.71. The third-order valence-electron chi connectivity index (χ3n) is 4.40. The first kappa shape index (κ1) is 14.2. The van der Waals surface area contributed by atoms with Gasteiger partial charge >= 0.3 is 5.97 Å². The van der Waals surface area contributed by atoms with Gasteiger partial charge in [-0.05, 0) is 11.8 Å². The summed E-state index contributed by atoms with van der Waals surface area (Å²) in [5.41, 5.74) is -1.38. The molecule has 1 aliphatic rings. The predicted octanol–water partition coefficient (Wildman–Crippen LogP) is 2.44. The molecule has 1 atom stereocenters. The molecule has 98 valence electrons. The molecule has 0 aliphatic heterocycles. The van der Waals surface area contributed by atoms with Gasteiger partial charge in [0, 0.05) is 27.1 Å². The van der Waals surface area contributed by atoms with Crippen LogP contribution in [-0.2, 0) is 14.3 Å². The number of methoxy groups -OCH3 is 2. The van der Waals surface area contributed by atoms with E-state index < -0.39 is 22.6 Å². The highest BCUT2D eigenvalue weighted by atomic mass is 16.7. The Kier molecular flexibility index (Phi) is 3.69. The van der Waals surface area contributed by atoms with Crippen LogP contribution in [0, 0.1) is 10.8 Å². The normalized spacial score (nSPS) is 28.0. The fourth-order valence-corrected chi connectivity index (χ4v) is 2.68. The van der Waals surface area contributed by atoms with Gasteiger partial charge in [-0.15, -0.1) is 6.58 Å². The molecule has 0 spiro atoms. The molecule has 4 nitrogen and oxygen atoms in total. The summed E-state index contributed by atoms with van der Waals surface area (Å²) >= 11 is 0. The zero-order chi connectivity index (χ0) is 13.3. The van der Waals surface area contributed by atoms with E-state index in [0.717, 1.165) is 0 Å².